The number of carbonyl (C=O) groups excluding carboxylic acids is 2. The number of amides is 2. The van der Waals surface area contributed by atoms with Crippen LogP contribution in [0.15, 0.2) is 77.3 Å². The number of rotatable bonds is 9. The van der Waals surface area contributed by atoms with Crippen molar-refractivity contribution in [2.75, 3.05) is 0 Å². The van der Waals surface area contributed by atoms with E-state index < -0.39 is 6.04 Å². The van der Waals surface area contributed by atoms with Crippen molar-refractivity contribution in [3.8, 4) is 0 Å². The molecule has 1 aliphatic carbocycles. The zero-order valence-corrected chi connectivity index (χ0v) is 23.7. The molecule has 37 heavy (non-hydrogen) atoms. The van der Waals surface area contributed by atoms with Gasteiger partial charge in [0.2, 0.25) is 11.8 Å². The van der Waals surface area contributed by atoms with Crippen LogP contribution >= 0.6 is 39.1 Å². The molecule has 0 unspecified atom stereocenters. The van der Waals surface area contributed by atoms with E-state index in [-0.39, 0.29) is 24.3 Å². The number of hydrogen-bond acceptors (Lipinski definition) is 2. The van der Waals surface area contributed by atoms with E-state index in [0.29, 0.717) is 28.6 Å². The fourth-order valence-corrected chi connectivity index (χ4v) is 5.55. The Morgan fingerprint density at radius 2 is 1.62 bits per heavy atom. The summed E-state index contributed by atoms with van der Waals surface area (Å²) in [5, 5.41) is 4.22. The first-order valence-electron chi connectivity index (χ1n) is 12.7. The van der Waals surface area contributed by atoms with E-state index in [0.717, 1.165) is 41.3 Å². The highest BCUT2D eigenvalue weighted by Gasteiger charge is 2.32. The van der Waals surface area contributed by atoms with Crippen molar-refractivity contribution in [3.63, 3.8) is 0 Å². The van der Waals surface area contributed by atoms with Crippen LogP contribution in [0.5, 0.6) is 0 Å². The lowest BCUT2D eigenvalue weighted by molar-refractivity contribution is -0.141. The molecule has 194 valence electrons. The van der Waals surface area contributed by atoms with E-state index in [4.69, 9.17) is 23.2 Å². The fraction of sp³-hybridized carbons (Fsp3) is 0.333. The predicted molar refractivity (Wildman–Crippen MR) is 154 cm³/mol. The van der Waals surface area contributed by atoms with E-state index in [1.165, 1.54) is 6.42 Å². The summed E-state index contributed by atoms with van der Waals surface area (Å²) in [7, 11) is 0. The van der Waals surface area contributed by atoms with E-state index in [1.54, 1.807) is 23.1 Å². The topological polar surface area (TPSA) is 49.4 Å². The Labute approximate surface area is 237 Å². The molecule has 0 aromatic heterocycles. The summed E-state index contributed by atoms with van der Waals surface area (Å²) >= 11 is 16.0. The summed E-state index contributed by atoms with van der Waals surface area (Å²) in [5.74, 6) is -0.268. The molecule has 0 heterocycles. The standard InChI is InChI=1S/C30H31BrCl2N2O2/c31-24-14-11-22(12-15-24)20-35(29(36)18-23-13-16-25(32)19-27(23)33)28(17-21-7-3-1-4-8-21)30(37)34-26-9-5-2-6-10-26/h1,3-4,7-8,11-16,19,26,28H,2,5-6,9-10,17-18,20H2,(H,34,37)/t28-/m0/s1. The van der Waals surface area contributed by atoms with Crippen LogP contribution in [0.25, 0.3) is 0 Å². The third kappa shape index (κ3) is 8.07. The van der Waals surface area contributed by atoms with Crippen LogP contribution in [0.2, 0.25) is 10.0 Å². The predicted octanol–water partition coefficient (Wildman–Crippen LogP) is 7.39. The van der Waals surface area contributed by atoms with E-state index in [1.807, 2.05) is 54.6 Å². The molecule has 0 radical (unpaired) electrons. The minimum Gasteiger partial charge on any atom is -0.352 e. The molecule has 1 atom stereocenters. The van der Waals surface area contributed by atoms with Crippen molar-refractivity contribution in [1.82, 2.24) is 10.2 Å². The normalized spacial score (nSPS) is 14.7. The molecule has 0 spiro atoms. The van der Waals surface area contributed by atoms with Crippen LogP contribution in [0, 0.1) is 0 Å². The molecule has 3 aromatic rings. The number of carbonyl (C=O) groups is 2. The smallest absolute Gasteiger partial charge is 0.243 e. The number of halogens is 3. The van der Waals surface area contributed by atoms with E-state index >= 15 is 0 Å². The van der Waals surface area contributed by atoms with Crippen LogP contribution in [-0.2, 0) is 29.0 Å². The average Bonchev–Trinajstić information content (AvgIpc) is 2.90. The van der Waals surface area contributed by atoms with Gasteiger partial charge in [-0.25, -0.2) is 0 Å². The number of hydrogen-bond donors (Lipinski definition) is 1. The van der Waals surface area contributed by atoms with E-state index in [9.17, 15) is 9.59 Å². The van der Waals surface area contributed by atoms with Crippen LogP contribution in [0.1, 0.15) is 48.8 Å². The average molecular weight is 602 g/mol. The maximum atomic E-state index is 13.9. The molecule has 7 heteroatoms. The Morgan fingerprint density at radius 3 is 2.30 bits per heavy atom. The Balaban J connectivity index is 1.66. The monoisotopic (exact) mass is 600 g/mol. The molecule has 3 aromatic carbocycles. The van der Waals surface area contributed by atoms with Crippen molar-refractivity contribution >= 4 is 50.9 Å². The molecule has 1 saturated carbocycles. The highest BCUT2D eigenvalue weighted by Crippen LogP contribution is 2.24. The molecule has 4 nitrogen and oxygen atoms in total. The molecule has 0 saturated heterocycles. The Bertz CT molecular complexity index is 1200. The summed E-state index contributed by atoms with van der Waals surface area (Å²) in [6.45, 7) is 0.312. The van der Waals surface area contributed by atoms with Gasteiger partial charge in [-0.2, -0.15) is 0 Å². The van der Waals surface area contributed by atoms with Gasteiger partial charge in [0, 0.05) is 33.5 Å². The molecule has 1 N–H and O–H groups in total. The third-order valence-electron chi connectivity index (χ3n) is 6.85. The lowest BCUT2D eigenvalue weighted by atomic mass is 9.94. The summed E-state index contributed by atoms with van der Waals surface area (Å²) < 4.78 is 0.956. The number of nitrogens with zero attached hydrogens (tertiary/aromatic N) is 1. The van der Waals surface area contributed by atoms with Gasteiger partial charge in [0.05, 0.1) is 6.42 Å². The lowest BCUT2D eigenvalue weighted by Crippen LogP contribution is -2.53. The Hall–Kier alpha value is -2.34. The van der Waals surface area contributed by atoms with Crippen LogP contribution < -0.4 is 5.32 Å². The van der Waals surface area contributed by atoms with Gasteiger partial charge in [0.25, 0.3) is 0 Å². The van der Waals surface area contributed by atoms with Gasteiger partial charge in [-0.05, 0) is 53.8 Å². The second kappa shape index (κ2) is 13.5. The first-order chi connectivity index (χ1) is 17.9. The van der Waals surface area contributed by atoms with Crippen molar-refractivity contribution < 1.29 is 9.59 Å². The first-order valence-corrected chi connectivity index (χ1v) is 14.3. The molecule has 0 bridgehead atoms. The maximum Gasteiger partial charge on any atom is 0.243 e. The van der Waals surface area contributed by atoms with Gasteiger partial charge in [-0.15, -0.1) is 0 Å². The Kier molecular flexibility index (Phi) is 10.1. The summed E-state index contributed by atoms with van der Waals surface area (Å²) in [6.07, 6.45) is 5.89. The van der Waals surface area contributed by atoms with Crippen molar-refractivity contribution in [3.05, 3.63) is 104 Å². The molecule has 2 amide bonds. The van der Waals surface area contributed by atoms with Crippen molar-refractivity contribution in [2.45, 2.75) is 63.6 Å². The van der Waals surface area contributed by atoms with Gasteiger partial charge in [0.15, 0.2) is 0 Å². The van der Waals surface area contributed by atoms with Gasteiger partial charge < -0.3 is 10.2 Å². The maximum absolute atomic E-state index is 13.9. The first kappa shape index (κ1) is 27.7. The lowest BCUT2D eigenvalue weighted by Gasteiger charge is -2.33. The third-order valence-corrected chi connectivity index (χ3v) is 7.96. The van der Waals surface area contributed by atoms with Crippen molar-refractivity contribution in [1.29, 1.82) is 0 Å². The highest BCUT2D eigenvalue weighted by molar-refractivity contribution is 9.10. The molecular formula is C30H31BrCl2N2O2. The van der Waals surface area contributed by atoms with Gasteiger partial charge in [-0.3, -0.25) is 9.59 Å². The van der Waals surface area contributed by atoms with Crippen LogP contribution in [0.3, 0.4) is 0 Å². The summed E-state index contributed by atoms with van der Waals surface area (Å²) in [4.78, 5) is 29.4. The summed E-state index contributed by atoms with van der Waals surface area (Å²) in [6, 6.07) is 22.3. The Morgan fingerprint density at radius 1 is 0.919 bits per heavy atom. The van der Waals surface area contributed by atoms with Gasteiger partial charge in [0.1, 0.15) is 6.04 Å². The highest BCUT2D eigenvalue weighted by atomic mass is 79.9. The SMILES string of the molecule is O=C(NC1CCCCC1)[C@H](Cc1ccccc1)N(Cc1ccc(Br)cc1)C(=O)Cc1ccc(Cl)cc1Cl. The van der Waals surface area contributed by atoms with E-state index in [2.05, 4.69) is 21.2 Å². The zero-order valence-electron chi connectivity index (χ0n) is 20.6. The largest absolute Gasteiger partial charge is 0.352 e. The molecule has 1 fully saturated rings. The van der Waals surface area contributed by atoms with Crippen LogP contribution in [0.4, 0.5) is 0 Å². The number of nitrogens with one attached hydrogen (secondary N) is 1. The minimum atomic E-state index is -0.661. The second-order valence-electron chi connectivity index (χ2n) is 9.61. The number of benzene rings is 3. The molecule has 4 rings (SSSR count). The molecule has 1 aliphatic rings. The second-order valence-corrected chi connectivity index (χ2v) is 11.4. The minimum absolute atomic E-state index is 0.0779. The summed E-state index contributed by atoms with van der Waals surface area (Å²) in [5.41, 5.74) is 2.63. The van der Waals surface area contributed by atoms with Gasteiger partial charge >= 0.3 is 0 Å². The fourth-order valence-electron chi connectivity index (χ4n) is 4.81. The molecule has 0 aliphatic heterocycles. The van der Waals surface area contributed by atoms with Crippen LogP contribution in [-0.4, -0.2) is 28.8 Å². The van der Waals surface area contributed by atoms with Crippen molar-refractivity contribution in [2.24, 2.45) is 0 Å². The molecular weight excluding hydrogens is 571 g/mol. The quantitative estimate of drug-likeness (QED) is 0.278. The zero-order chi connectivity index (χ0) is 26.2. The van der Waals surface area contributed by atoms with Gasteiger partial charge in [-0.1, -0.05) is 107 Å².